The molecule has 13 atom stereocenters. The average molecular weight is 687 g/mol. The highest BCUT2D eigenvalue weighted by Crippen LogP contribution is 2.37. The quantitative estimate of drug-likeness (QED) is 0.170. The molecule has 0 aromatic carbocycles. The van der Waals surface area contributed by atoms with E-state index in [2.05, 4.69) is 16.0 Å². The van der Waals surface area contributed by atoms with Gasteiger partial charge in [0.2, 0.25) is 0 Å². The summed E-state index contributed by atoms with van der Waals surface area (Å²) in [7, 11) is 5.18. The van der Waals surface area contributed by atoms with Crippen molar-refractivity contribution in [3.05, 3.63) is 0 Å². The Morgan fingerprint density at radius 2 is 1.81 bits per heavy atom. The Balaban J connectivity index is 2.00. The van der Waals surface area contributed by atoms with Gasteiger partial charge in [0.15, 0.2) is 17.7 Å². The number of alkyl carbamates (subject to hydrolysis) is 1. The summed E-state index contributed by atoms with van der Waals surface area (Å²) in [5.41, 5.74) is -2.29. The van der Waals surface area contributed by atoms with E-state index < -0.39 is 89.6 Å². The van der Waals surface area contributed by atoms with Crippen LogP contribution in [0.1, 0.15) is 67.7 Å². The number of amides is 1. The van der Waals surface area contributed by atoms with Gasteiger partial charge < -0.3 is 54.7 Å². The number of carboxylic acids is 1. The number of esters is 1. The Kier molecular flexibility index (Phi) is 13.8. The van der Waals surface area contributed by atoms with Gasteiger partial charge in [0.25, 0.3) is 0 Å². The lowest BCUT2D eigenvalue weighted by atomic mass is 9.78. The van der Waals surface area contributed by atoms with E-state index in [-0.39, 0.29) is 25.0 Å². The van der Waals surface area contributed by atoms with Crippen molar-refractivity contribution in [3.63, 3.8) is 0 Å². The number of ether oxygens (including phenoxy) is 5. The molecular weight excluding hydrogens is 628 g/mol. The number of cyclic esters (lactones) is 1. The third kappa shape index (κ3) is 9.03. The number of aliphatic carboxylic acids is 1. The maximum Gasteiger partial charge on any atom is 0.408 e. The number of ketones is 1. The number of carbonyl (C=O) groups is 4. The Morgan fingerprint density at radius 3 is 2.40 bits per heavy atom. The molecule has 3 saturated heterocycles. The molecule has 0 aromatic rings. The Labute approximate surface area is 284 Å². The van der Waals surface area contributed by atoms with Gasteiger partial charge in [-0.2, -0.15) is 0 Å². The maximum atomic E-state index is 14.1. The lowest BCUT2D eigenvalue weighted by Gasteiger charge is -2.47. The number of hydrogen-bond acceptors (Lipinski definition) is 13. The molecule has 0 spiro atoms. The highest BCUT2D eigenvalue weighted by Gasteiger charge is 2.55. The van der Waals surface area contributed by atoms with E-state index in [0.29, 0.717) is 25.8 Å². The van der Waals surface area contributed by atoms with Crippen molar-refractivity contribution in [1.82, 2.24) is 20.9 Å². The Morgan fingerprint density at radius 1 is 1.15 bits per heavy atom. The number of Topliss-reactive ketones (excluding diaryl/α,β-unsaturated/α-hetero) is 1. The summed E-state index contributed by atoms with van der Waals surface area (Å²) in [6, 6.07) is -1.20. The van der Waals surface area contributed by atoms with Crippen LogP contribution in [0.5, 0.6) is 0 Å². The van der Waals surface area contributed by atoms with E-state index >= 15 is 0 Å². The topological polar surface area (TPSA) is 194 Å². The van der Waals surface area contributed by atoms with E-state index in [1.54, 1.807) is 13.8 Å². The molecule has 3 fully saturated rings. The number of fused-ring (bicyclic) bond motifs is 1. The Bertz CT molecular complexity index is 1140. The summed E-state index contributed by atoms with van der Waals surface area (Å²) in [5, 5.41) is 29.8. The van der Waals surface area contributed by atoms with Gasteiger partial charge in [0.05, 0.1) is 30.4 Å². The molecular formula is C33H58N4O11. The van der Waals surface area contributed by atoms with Crippen LogP contribution in [0.15, 0.2) is 0 Å². The molecule has 15 nitrogen and oxygen atoms in total. The number of methoxy groups -OCH3 is 1. The number of nitrogens with one attached hydrogen (secondary N) is 3. The summed E-state index contributed by atoms with van der Waals surface area (Å²) in [5.74, 6) is -4.37. The Hall–Kier alpha value is -2.40. The number of likely N-dealkylation sites (N-methyl/N-ethyl adjacent to an activating group) is 1. The van der Waals surface area contributed by atoms with E-state index in [1.165, 1.54) is 14.0 Å². The van der Waals surface area contributed by atoms with Crippen LogP contribution in [0.4, 0.5) is 4.79 Å². The fourth-order valence-electron chi connectivity index (χ4n) is 7.49. The van der Waals surface area contributed by atoms with Crippen LogP contribution in [0.3, 0.4) is 0 Å². The molecule has 5 N–H and O–H groups in total. The summed E-state index contributed by atoms with van der Waals surface area (Å²) < 4.78 is 30.6. The van der Waals surface area contributed by atoms with Crippen molar-refractivity contribution in [2.45, 2.75) is 128 Å². The standard InChI is InChI=1S/C33H58N4O11/c1-11-23-33(7)27(36-31(43)48-33)20(5)35-14-17(2)13-32(6,44-10)28(18(3)25(40)19(4)29(42)46-23)47-30-26(41)22(37(8)9)12-21(45-30)15-34-16-24(38)39/h17-23,26-28,30,34-35,41H,11-16H2,1-10H3,(H,36,43)(H,38,39)/t17-,18+,19?,20-,21+,22?,23-,26?,27-,28-,30+,32-,33-/m1/s1. The number of rotatable bonds is 9. The van der Waals surface area contributed by atoms with Crippen LogP contribution in [-0.2, 0) is 38.1 Å². The summed E-state index contributed by atoms with van der Waals surface area (Å²) in [6.45, 7) is 13.0. The molecule has 0 bridgehead atoms. The molecule has 0 aromatic heterocycles. The third-order valence-electron chi connectivity index (χ3n) is 10.4. The van der Waals surface area contributed by atoms with Crippen molar-refractivity contribution >= 4 is 23.8 Å². The first-order valence-electron chi connectivity index (χ1n) is 17.0. The van der Waals surface area contributed by atoms with Crippen molar-refractivity contribution in [1.29, 1.82) is 0 Å². The minimum atomic E-state index is -1.20. The van der Waals surface area contributed by atoms with Gasteiger partial charge in [-0.25, -0.2) is 4.79 Å². The minimum absolute atomic E-state index is 0.0304. The first-order valence-corrected chi connectivity index (χ1v) is 17.0. The second kappa shape index (κ2) is 16.5. The predicted octanol–water partition coefficient (Wildman–Crippen LogP) is 0.905. The molecule has 1 amide bonds. The lowest BCUT2D eigenvalue weighted by molar-refractivity contribution is -0.297. The van der Waals surface area contributed by atoms with Crippen LogP contribution in [0, 0.1) is 17.8 Å². The SMILES string of the molecule is CC[C@H]1OC(=O)C(C)C(=O)[C@H](C)[C@@H](O[C@@H]2O[C@H](CNCC(=O)O)CC(N(C)C)C2O)[C@](C)(OC)C[C@@H](C)CN[C@H](C)[C@H]2NC(=O)O[C@@]21C. The van der Waals surface area contributed by atoms with Crippen molar-refractivity contribution in [2.24, 2.45) is 17.8 Å². The second-order valence-electron chi connectivity index (χ2n) is 14.4. The number of carbonyl (C=O) groups excluding carboxylic acids is 3. The van der Waals surface area contributed by atoms with Crippen LogP contribution < -0.4 is 16.0 Å². The van der Waals surface area contributed by atoms with Crippen LogP contribution in [-0.4, -0.2) is 140 Å². The smallest absolute Gasteiger partial charge is 0.408 e. The zero-order chi connectivity index (χ0) is 36.1. The summed E-state index contributed by atoms with van der Waals surface area (Å²) in [6.07, 6.45) is -4.06. The first kappa shape index (κ1) is 40.0. The number of carboxylic acid groups (broad SMARTS) is 1. The molecule has 3 aliphatic heterocycles. The van der Waals surface area contributed by atoms with Gasteiger partial charge in [-0.3, -0.25) is 14.4 Å². The molecule has 48 heavy (non-hydrogen) atoms. The molecule has 15 heteroatoms. The first-order chi connectivity index (χ1) is 22.4. The van der Waals surface area contributed by atoms with Gasteiger partial charge in [0, 0.05) is 31.7 Å². The molecule has 3 rings (SSSR count). The summed E-state index contributed by atoms with van der Waals surface area (Å²) >= 11 is 0. The highest BCUT2D eigenvalue weighted by molar-refractivity contribution is 6.00. The van der Waals surface area contributed by atoms with Crippen LogP contribution in [0.2, 0.25) is 0 Å². The zero-order valence-corrected chi connectivity index (χ0v) is 30.1. The fourth-order valence-corrected chi connectivity index (χ4v) is 7.49. The minimum Gasteiger partial charge on any atom is -0.480 e. The van der Waals surface area contributed by atoms with Crippen LogP contribution in [0.25, 0.3) is 0 Å². The molecule has 0 aliphatic carbocycles. The maximum absolute atomic E-state index is 14.1. The van der Waals surface area contributed by atoms with Gasteiger partial charge >= 0.3 is 18.0 Å². The summed E-state index contributed by atoms with van der Waals surface area (Å²) in [4.78, 5) is 53.2. The van der Waals surface area contributed by atoms with Crippen LogP contribution >= 0.6 is 0 Å². The van der Waals surface area contributed by atoms with Gasteiger partial charge in [-0.05, 0) is 73.5 Å². The average Bonchev–Trinajstić information content (AvgIpc) is 3.34. The van der Waals surface area contributed by atoms with Gasteiger partial charge in [0.1, 0.15) is 18.1 Å². The molecule has 276 valence electrons. The fraction of sp³-hybridized carbons (Fsp3) is 0.879. The number of nitrogens with zero attached hydrogens (tertiary/aromatic N) is 1. The van der Waals surface area contributed by atoms with E-state index in [4.69, 9.17) is 28.8 Å². The third-order valence-corrected chi connectivity index (χ3v) is 10.4. The van der Waals surface area contributed by atoms with E-state index in [9.17, 15) is 24.3 Å². The molecule has 0 radical (unpaired) electrons. The number of hydrogen-bond donors (Lipinski definition) is 5. The molecule has 3 heterocycles. The zero-order valence-electron chi connectivity index (χ0n) is 30.1. The second-order valence-corrected chi connectivity index (χ2v) is 14.4. The largest absolute Gasteiger partial charge is 0.480 e. The van der Waals surface area contributed by atoms with Gasteiger partial charge in [-0.1, -0.05) is 20.8 Å². The van der Waals surface area contributed by atoms with E-state index in [0.717, 1.165) is 0 Å². The van der Waals surface area contributed by atoms with Crippen molar-refractivity contribution < 1.29 is 53.1 Å². The molecule has 0 saturated carbocycles. The van der Waals surface area contributed by atoms with Crippen molar-refractivity contribution in [2.75, 3.05) is 40.8 Å². The number of aliphatic hydroxyl groups excluding tert-OH is 1. The number of aliphatic hydroxyl groups is 1. The normalized spacial score (nSPS) is 41.8. The lowest BCUT2D eigenvalue weighted by Crippen LogP contribution is -2.60. The predicted molar refractivity (Wildman–Crippen MR) is 174 cm³/mol. The molecule has 3 aliphatic rings. The monoisotopic (exact) mass is 686 g/mol. The van der Waals surface area contributed by atoms with E-state index in [1.807, 2.05) is 46.7 Å². The van der Waals surface area contributed by atoms with Crippen molar-refractivity contribution in [3.8, 4) is 0 Å². The highest BCUT2D eigenvalue weighted by atomic mass is 16.7. The van der Waals surface area contributed by atoms with Gasteiger partial charge in [-0.15, -0.1) is 0 Å². The molecule has 3 unspecified atom stereocenters.